The molecule has 0 bridgehead atoms. The van der Waals surface area contributed by atoms with Crippen LogP contribution in [0.4, 0.5) is 8.78 Å². The fourth-order valence-electron chi connectivity index (χ4n) is 1.11. The Morgan fingerprint density at radius 2 is 2.00 bits per heavy atom. The molecule has 0 heterocycles. The Morgan fingerprint density at radius 3 is 2.50 bits per heavy atom. The Hall–Kier alpha value is -1.29. The third kappa shape index (κ3) is 3.38. The molecule has 0 saturated heterocycles. The molecule has 0 aliphatic heterocycles. The second-order valence-electron chi connectivity index (χ2n) is 3.90. The van der Waals surface area contributed by atoms with E-state index in [-0.39, 0.29) is 19.5 Å². The second kappa shape index (κ2) is 5.70. The van der Waals surface area contributed by atoms with Gasteiger partial charge in [0.2, 0.25) is 0 Å². The van der Waals surface area contributed by atoms with E-state index in [9.17, 15) is 13.6 Å². The van der Waals surface area contributed by atoms with Gasteiger partial charge >= 0.3 is 0 Å². The molecule has 88 valence electrons. The highest BCUT2D eigenvalue weighted by molar-refractivity contribution is 5.59. The summed E-state index contributed by atoms with van der Waals surface area (Å²) in [5, 5.41) is 0. The molecule has 1 aromatic rings. The van der Waals surface area contributed by atoms with Crippen molar-refractivity contribution in [1.82, 2.24) is 0 Å². The van der Waals surface area contributed by atoms with Crippen molar-refractivity contribution < 1.29 is 18.3 Å². The lowest BCUT2D eigenvalue weighted by atomic mass is 9.95. The molecule has 4 heteroatoms. The van der Waals surface area contributed by atoms with Crippen LogP contribution in [-0.2, 0) is 16.1 Å². The van der Waals surface area contributed by atoms with Gasteiger partial charge in [0.1, 0.15) is 11.7 Å². The Bertz CT molecular complexity index is 327. The summed E-state index contributed by atoms with van der Waals surface area (Å²) < 4.78 is 30.1. The quantitative estimate of drug-likeness (QED) is 0.700. The molecule has 16 heavy (non-hydrogen) atoms. The predicted octanol–water partition coefficient (Wildman–Crippen LogP) is 2.67. The van der Waals surface area contributed by atoms with Crippen molar-refractivity contribution in [2.45, 2.75) is 20.0 Å². The van der Waals surface area contributed by atoms with E-state index in [4.69, 9.17) is 4.74 Å². The molecule has 1 unspecified atom stereocenters. The Labute approximate surface area is 93.2 Å². The first-order valence-corrected chi connectivity index (χ1v) is 4.94. The first kappa shape index (κ1) is 12.8. The van der Waals surface area contributed by atoms with Crippen LogP contribution in [-0.4, -0.2) is 19.3 Å². The van der Waals surface area contributed by atoms with Gasteiger partial charge in [0.25, 0.3) is 6.43 Å². The molecule has 1 atom stereocenters. The molecule has 0 spiro atoms. The fraction of sp³-hybridized carbons (Fsp3) is 0.417. The molecular formula is C12H14F2O2. The summed E-state index contributed by atoms with van der Waals surface area (Å²) in [7, 11) is 0. The smallest absolute Gasteiger partial charge is 0.252 e. The first-order valence-electron chi connectivity index (χ1n) is 4.94. The van der Waals surface area contributed by atoms with Gasteiger partial charge in [-0.2, -0.15) is 0 Å². The van der Waals surface area contributed by atoms with Crippen LogP contribution in [0.25, 0.3) is 0 Å². The third-order valence-corrected chi connectivity index (χ3v) is 2.29. The maximum Gasteiger partial charge on any atom is 0.252 e. The highest BCUT2D eigenvalue weighted by Gasteiger charge is 2.35. The van der Waals surface area contributed by atoms with Crippen LogP contribution >= 0.6 is 0 Å². The number of aldehydes is 1. The summed E-state index contributed by atoms with van der Waals surface area (Å²) in [5.41, 5.74) is -0.820. The largest absolute Gasteiger partial charge is 0.376 e. The molecule has 0 aliphatic carbocycles. The van der Waals surface area contributed by atoms with Crippen LogP contribution in [0, 0.1) is 5.41 Å². The van der Waals surface area contributed by atoms with Crippen molar-refractivity contribution >= 4 is 6.29 Å². The van der Waals surface area contributed by atoms with Crippen LogP contribution in [0.1, 0.15) is 12.5 Å². The number of alkyl halides is 2. The maximum atomic E-state index is 12.5. The molecule has 1 rings (SSSR count). The van der Waals surface area contributed by atoms with Crippen molar-refractivity contribution in [3.8, 4) is 0 Å². The molecule has 2 nitrogen and oxygen atoms in total. The van der Waals surface area contributed by atoms with Crippen LogP contribution in [0.3, 0.4) is 0 Å². The highest BCUT2D eigenvalue weighted by Crippen LogP contribution is 2.23. The molecule has 0 amide bonds. The molecule has 0 radical (unpaired) electrons. The summed E-state index contributed by atoms with van der Waals surface area (Å²) in [6, 6.07) is 9.20. The van der Waals surface area contributed by atoms with Crippen molar-refractivity contribution in [2.75, 3.05) is 6.61 Å². The molecule has 0 fully saturated rings. The van der Waals surface area contributed by atoms with E-state index in [1.54, 1.807) is 0 Å². The van der Waals surface area contributed by atoms with Gasteiger partial charge in [-0.1, -0.05) is 30.3 Å². The average molecular weight is 228 g/mol. The summed E-state index contributed by atoms with van der Waals surface area (Å²) in [6.45, 7) is 1.15. The van der Waals surface area contributed by atoms with E-state index in [0.717, 1.165) is 5.56 Å². The van der Waals surface area contributed by atoms with Crippen molar-refractivity contribution in [1.29, 1.82) is 0 Å². The predicted molar refractivity (Wildman–Crippen MR) is 56.3 cm³/mol. The number of hydrogen-bond acceptors (Lipinski definition) is 2. The average Bonchev–Trinajstić information content (AvgIpc) is 2.30. The van der Waals surface area contributed by atoms with Gasteiger partial charge in [0.15, 0.2) is 0 Å². The van der Waals surface area contributed by atoms with Crippen molar-refractivity contribution in [3.05, 3.63) is 35.9 Å². The van der Waals surface area contributed by atoms with Crippen molar-refractivity contribution in [3.63, 3.8) is 0 Å². The lowest BCUT2D eigenvalue weighted by molar-refractivity contribution is -0.130. The minimum Gasteiger partial charge on any atom is -0.376 e. The van der Waals surface area contributed by atoms with E-state index < -0.39 is 11.8 Å². The number of rotatable bonds is 6. The minimum absolute atomic E-state index is 0.233. The van der Waals surface area contributed by atoms with E-state index in [2.05, 4.69) is 0 Å². The normalized spacial score (nSPS) is 14.8. The zero-order chi connectivity index (χ0) is 12.0. The van der Waals surface area contributed by atoms with Crippen LogP contribution in [0.15, 0.2) is 30.3 Å². The van der Waals surface area contributed by atoms with Gasteiger partial charge in [-0.15, -0.1) is 0 Å². The molecule has 0 aliphatic rings. The zero-order valence-electron chi connectivity index (χ0n) is 9.03. The van der Waals surface area contributed by atoms with Gasteiger partial charge in [-0.25, -0.2) is 8.78 Å². The van der Waals surface area contributed by atoms with Gasteiger partial charge < -0.3 is 9.53 Å². The van der Waals surface area contributed by atoms with Gasteiger partial charge in [-0.05, 0) is 12.5 Å². The Morgan fingerprint density at radius 1 is 1.38 bits per heavy atom. The number of carbonyl (C=O) groups is 1. The molecule has 0 aromatic heterocycles. The maximum absolute atomic E-state index is 12.5. The van der Waals surface area contributed by atoms with Crippen LogP contribution < -0.4 is 0 Å². The topological polar surface area (TPSA) is 26.3 Å². The molecular weight excluding hydrogens is 214 g/mol. The minimum atomic E-state index is -2.71. The number of hydrogen-bond donors (Lipinski definition) is 0. The molecule has 1 aromatic carbocycles. The Kier molecular flexibility index (Phi) is 4.55. The van der Waals surface area contributed by atoms with E-state index in [0.29, 0.717) is 0 Å². The Balaban J connectivity index is 2.43. The van der Waals surface area contributed by atoms with Crippen molar-refractivity contribution in [2.24, 2.45) is 5.41 Å². The lowest BCUT2D eigenvalue weighted by Crippen LogP contribution is -2.33. The van der Waals surface area contributed by atoms with Gasteiger partial charge in [0.05, 0.1) is 13.2 Å². The van der Waals surface area contributed by atoms with Crippen LogP contribution in [0.2, 0.25) is 0 Å². The summed E-state index contributed by atoms with van der Waals surface area (Å²) >= 11 is 0. The second-order valence-corrected chi connectivity index (χ2v) is 3.90. The number of carbonyl (C=O) groups excluding carboxylic acids is 1. The fourth-order valence-corrected chi connectivity index (χ4v) is 1.11. The van der Waals surface area contributed by atoms with E-state index in [1.165, 1.54) is 6.92 Å². The SMILES string of the molecule is CC(C=O)(COCc1ccccc1)C(F)F. The summed E-state index contributed by atoms with van der Waals surface area (Å²) in [4.78, 5) is 10.6. The number of ether oxygens (including phenoxy) is 1. The standard InChI is InChI=1S/C12H14F2O2/c1-12(8-15,11(13)14)9-16-7-10-5-3-2-4-6-10/h2-6,8,11H,7,9H2,1H3. The lowest BCUT2D eigenvalue weighted by Gasteiger charge is -2.21. The van der Waals surface area contributed by atoms with Crippen LogP contribution in [0.5, 0.6) is 0 Å². The van der Waals surface area contributed by atoms with Gasteiger partial charge in [-0.3, -0.25) is 0 Å². The van der Waals surface area contributed by atoms with E-state index >= 15 is 0 Å². The first-order chi connectivity index (χ1) is 7.58. The summed E-state index contributed by atoms with van der Waals surface area (Å²) in [6.07, 6.45) is -2.45. The highest BCUT2D eigenvalue weighted by atomic mass is 19.3. The van der Waals surface area contributed by atoms with Gasteiger partial charge in [0, 0.05) is 0 Å². The molecule has 0 N–H and O–H groups in total. The summed E-state index contributed by atoms with van der Waals surface area (Å²) in [5.74, 6) is 0. The number of benzene rings is 1. The zero-order valence-corrected chi connectivity index (χ0v) is 9.03. The monoisotopic (exact) mass is 228 g/mol. The number of halogens is 2. The third-order valence-electron chi connectivity index (χ3n) is 2.29. The van der Waals surface area contributed by atoms with E-state index in [1.807, 2.05) is 30.3 Å². The molecule has 0 saturated carbocycles.